The number of carbonyl (C=O) groups is 1. The molecule has 0 atom stereocenters. The Hall–Kier alpha value is -2.31. The van der Waals surface area contributed by atoms with Crippen molar-refractivity contribution < 1.29 is 13.6 Å². The number of hydrogen-bond donors (Lipinski definition) is 0. The van der Waals surface area contributed by atoms with E-state index in [2.05, 4.69) is 4.98 Å². The fourth-order valence-electron chi connectivity index (χ4n) is 2.69. The van der Waals surface area contributed by atoms with Crippen LogP contribution in [0.3, 0.4) is 0 Å². The number of halogens is 2. The van der Waals surface area contributed by atoms with Crippen molar-refractivity contribution in [2.45, 2.75) is 25.7 Å². The molecule has 0 unspecified atom stereocenters. The fraction of sp³-hybridized carbons (Fsp3) is 0.400. The van der Waals surface area contributed by atoms with Crippen LogP contribution in [0.15, 0.2) is 23.1 Å². The molecule has 1 aliphatic rings. The van der Waals surface area contributed by atoms with Crippen molar-refractivity contribution in [3.63, 3.8) is 0 Å². The highest BCUT2D eigenvalue weighted by atomic mass is 19.3. The van der Waals surface area contributed by atoms with E-state index in [1.54, 1.807) is 30.2 Å². The minimum atomic E-state index is -2.69. The van der Waals surface area contributed by atoms with Gasteiger partial charge < -0.3 is 4.90 Å². The molecule has 2 aromatic rings. The zero-order valence-corrected chi connectivity index (χ0v) is 12.1. The molecule has 1 fully saturated rings. The second-order valence-electron chi connectivity index (χ2n) is 5.50. The SMILES string of the molecule is Cc1cccn2c(=O)c(C=O)c(N3CCC(F)(F)CC3)nc12. The third-order valence-corrected chi connectivity index (χ3v) is 3.98. The van der Waals surface area contributed by atoms with E-state index in [-0.39, 0.29) is 37.3 Å². The Morgan fingerprint density at radius 2 is 2.00 bits per heavy atom. The van der Waals surface area contributed by atoms with E-state index in [4.69, 9.17) is 0 Å². The first-order valence-corrected chi connectivity index (χ1v) is 7.03. The molecule has 0 aliphatic carbocycles. The number of aldehydes is 1. The van der Waals surface area contributed by atoms with E-state index in [1.165, 1.54) is 4.40 Å². The maximum atomic E-state index is 13.3. The normalized spacial score (nSPS) is 17.7. The van der Waals surface area contributed by atoms with Gasteiger partial charge in [0.05, 0.1) is 0 Å². The summed E-state index contributed by atoms with van der Waals surface area (Å²) < 4.78 is 27.9. The third kappa shape index (κ3) is 2.36. The van der Waals surface area contributed by atoms with Gasteiger partial charge in [-0.15, -0.1) is 0 Å². The first-order valence-electron chi connectivity index (χ1n) is 7.03. The molecule has 0 spiro atoms. The number of pyridine rings is 1. The Morgan fingerprint density at radius 3 is 2.64 bits per heavy atom. The lowest BCUT2D eigenvalue weighted by Crippen LogP contribution is -2.41. The average molecular weight is 307 g/mol. The molecule has 0 radical (unpaired) electrons. The summed E-state index contributed by atoms with van der Waals surface area (Å²) in [6, 6.07) is 3.50. The summed E-state index contributed by atoms with van der Waals surface area (Å²) in [5.41, 5.74) is 0.649. The van der Waals surface area contributed by atoms with Crippen molar-refractivity contribution in [1.82, 2.24) is 9.38 Å². The van der Waals surface area contributed by atoms with Crippen LogP contribution < -0.4 is 10.5 Å². The maximum Gasteiger partial charge on any atom is 0.270 e. The van der Waals surface area contributed by atoms with Crippen LogP contribution in [-0.2, 0) is 0 Å². The molecular formula is C15H15F2N3O2. The first kappa shape index (κ1) is 14.6. The molecule has 116 valence electrons. The molecule has 1 saturated heterocycles. The van der Waals surface area contributed by atoms with Gasteiger partial charge in [0.1, 0.15) is 17.0 Å². The Kier molecular flexibility index (Phi) is 3.42. The van der Waals surface area contributed by atoms with Crippen LogP contribution in [-0.4, -0.2) is 34.7 Å². The van der Waals surface area contributed by atoms with E-state index < -0.39 is 11.5 Å². The molecule has 3 heterocycles. The van der Waals surface area contributed by atoms with E-state index in [0.717, 1.165) is 5.56 Å². The first-order chi connectivity index (χ1) is 10.4. The number of anilines is 1. The van der Waals surface area contributed by atoms with Gasteiger partial charge in [0.25, 0.3) is 11.5 Å². The van der Waals surface area contributed by atoms with Crippen LogP contribution in [0.1, 0.15) is 28.8 Å². The van der Waals surface area contributed by atoms with E-state index in [1.807, 2.05) is 0 Å². The maximum absolute atomic E-state index is 13.3. The second kappa shape index (κ2) is 5.15. The summed E-state index contributed by atoms with van der Waals surface area (Å²) in [6.45, 7) is 1.95. The molecule has 0 amide bonds. The molecule has 0 N–H and O–H groups in total. The molecule has 22 heavy (non-hydrogen) atoms. The Bertz CT molecular complexity index is 791. The molecular weight excluding hydrogens is 292 g/mol. The van der Waals surface area contributed by atoms with Crippen molar-refractivity contribution in [3.8, 4) is 0 Å². The summed E-state index contributed by atoms with van der Waals surface area (Å²) in [6.07, 6.45) is 1.38. The monoisotopic (exact) mass is 307 g/mol. The Labute approximate surface area is 125 Å². The molecule has 5 nitrogen and oxygen atoms in total. The number of carbonyl (C=O) groups excluding carboxylic acids is 1. The lowest BCUT2D eigenvalue weighted by Gasteiger charge is -2.33. The third-order valence-electron chi connectivity index (χ3n) is 3.98. The highest BCUT2D eigenvalue weighted by Crippen LogP contribution is 2.30. The zero-order chi connectivity index (χ0) is 15.9. The standard InChI is InChI=1S/C15H15F2N3O2/c1-10-3-2-6-20-12(10)18-13(11(9-21)14(20)22)19-7-4-15(16,17)5-8-19/h2-3,6,9H,4-5,7-8H2,1H3. The lowest BCUT2D eigenvalue weighted by molar-refractivity contribution is -0.0221. The molecule has 2 aromatic heterocycles. The fourth-order valence-corrected chi connectivity index (χ4v) is 2.69. The lowest BCUT2D eigenvalue weighted by atomic mass is 10.1. The number of nitrogens with zero attached hydrogens (tertiary/aromatic N) is 3. The average Bonchev–Trinajstić information content (AvgIpc) is 2.48. The topological polar surface area (TPSA) is 54.7 Å². The smallest absolute Gasteiger partial charge is 0.270 e. The molecule has 1 aliphatic heterocycles. The van der Waals surface area contributed by atoms with Gasteiger partial charge in [0.2, 0.25) is 0 Å². The van der Waals surface area contributed by atoms with E-state index >= 15 is 0 Å². The number of aromatic nitrogens is 2. The molecule has 0 saturated carbocycles. The number of alkyl halides is 2. The van der Waals surface area contributed by atoms with Crippen LogP contribution in [0, 0.1) is 6.92 Å². The summed E-state index contributed by atoms with van der Waals surface area (Å²) >= 11 is 0. The van der Waals surface area contributed by atoms with Gasteiger partial charge >= 0.3 is 0 Å². The minimum Gasteiger partial charge on any atom is -0.355 e. The van der Waals surface area contributed by atoms with Gasteiger partial charge in [-0.1, -0.05) is 6.07 Å². The van der Waals surface area contributed by atoms with E-state index in [9.17, 15) is 18.4 Å². The minimum absolute atomic E-state index is 0.0718. The zero-order valence-electron chi connectivity index (χ0n) is 12.1. The molecule has 7 heteroatoms. The van der Waals surface area contributed by atoms with Crippen LogP contribution in [0.4, 0.5) is 14.6 Å². The number of rotatable bonds is 2. The largest absolute Gasteiger partial charge is 0.355 e. The van der Waals surface area contributed by atoms with Crippen LogP contribution >= 0.6 is 0 Å². The summed E-state index contributed by atoms with van der Waals surface area (Å²) in [7, 11) is 0. The number of fused-ring (bicyclic) bond motifs is 1. The van der Waals surface area contributed by atoms with Crippen molar-refractivity contribution in [2.24, 2.45) is 0 Å². The number of hydrogen-bond acceptors (Lipinski definition) is 4. The summed E-state index contributed by atoms with van der Waals surface area (Å²) in [4.78, 5) is 29.7. The van der Waals surface area contributed by atoms with Gasteiger partial charge in [0.15, 0.2) is 6.29 Å². The Balaban J connectivity index is 2.15. The van der Waals surface area contributed by atoms with Crippen molar-refractivity contribution >= 4 is 17.8 Å². The van der Waals surface area contributed by atoms with Crippen molar-refractivity contribution in [3.05, 3.63) is 39.8 Å². The van der Waals surface area contributed by atoms with Crippen molar-refractivity contribution in [1.29, 1.82) is 0 Å². The van der Waals surface area contributed by atoms with Gasteiger partial charge in [-0.3, -0.25) is 14.0 Å². The van der Waals surface area contributed by atoms with Crippen LogP contribution in [0.2, 0.25) is 0 Å². The highest BCUT2D eigenvalue weighted by molar-refractivity contribution is 5.83. The predicted molar refractivity (Wildman–Crippen MR) is 78.0 cm³/mol. The number of aryl methyl sites for hydroxylation is 1. The van der Waals surface area contributed by atoms with Crippen molar-refractivity contribution in [2.75, 3.05) is 18.0 Å². The van der Waals surface area contributed by atoms with E-state index in [0.29, 0.717) is 11.9 Å². The molecule has 0 bridgehead atoms. The molecule has 0 aromatic carbocycles. The highest BCUT2D eigenvalue weighted by Gasteiger charge is 2.35. The van der Waals surface area contributed by atoms with Gasteiger partial charge in [-0.05, 0) is 18.6 Å². The quantitative estimate of drug-likeness (QED) is 0.797. The predicted octanol–water partition coefficient (Wildman–Crippen LogP) is 2.05. The number of piperidine rings is 1. The van der Waals surface area contributed by atoms with Crippen LogP contribution in [0.5, 0.6) is 0 Å². The van der Waals surface area contributed by atoms with Gasteiger partial charge in [-0.25, -0.2) is 13.8 Å². The van der Waals surface area contributed by atoms with Crippen LogP contribution in [0.25, 0.3) is 5.65 Å². The summed E-state index contributed by atoms with van der Waals surface area (Å²) in [5.74, 6) is -2.50. The van der Waals surface area contributed by atoms with Gasteiger partial charge in [0, 0.05) is 32.1 Å². The van der Waals surface area contributed by atoms with Gasteiger partial charge in [-0.2, -0.15) is 0 Å². The second-order valence-corrected chi connectivity index (χ2v) is 5.50. The summed E-state index contributed by atoms with van der Waals surface area (Å²) in [5, 5.41) is 0. The Morgan fingerprint density at radius 1 is 1.32 bits per heavy atom. The molecule has 3 rings (SSSR count).